The van der Waals surface area contributed by atoms with Crippen LogP contribution in [0.5, 0.6) is 0 Å². The lowest BCUT2D eigenvalue weighted by atomic mass is 10.1. The molecular formula is C20H27N5O3. The number of hydrogen-bond acceptors (Lipinski definition) is 6. The highest BCUT2D eigenvalue weighted by Crippen LogP contribution is 2.21. The van der Waals surface area contributed by atoms with Gasteiger partial charge in [0, 0.05) is 17.2 Å². The molecule has 0 aliphatic rings. The normalized spacial score (nSPS) is 11.2. The molecule has 8 nitrogen and oxygen atoms in total. The van der Waals surface area contributed by atoms with Crippen LogP contribution in [0.4, 0.5) is 16.3 Å². The summed E-state index contributed by atoms with van der Waals surface area (Å²) in [7, 11) is 0. The van der Waals surface area contributed by atoms with Crippen molar-refractivity contribution in [3.05, 3.63) is 36.2 Å². The molecule has 8 heteroatoms. The highest BCUT2D eigenvalue weighted by atomic mass is 16.6. The van der Waals surface area contributed by atoms with Gasteiger partial charge in [0.05, 0.1) is 18.4 Å². The van der Waals surface area contributed by atoms with E-state index in [1.165, 1.54) is 0 Å². The van der Waals surface area contributed by atoms with Crippen molar-refractivity contribution in [1.29, 1.82) is 0 Å². The molecule has 0 radical (unpaired) electrons. The van der Waals surface area contributed by atoms with Gasteiger partial charge in [-0.05, 0) is 32.9 Å². The summed E-state index contributed by atoms with van der Waals surface area (Å²) < 4.78 is 5.23. The molecule has 0 saturated carbocycles. The van der Waals surface area contributed by atoms with Gasteiger partial charge in [0.15, 0.2) is 0 Å². The highest BCUT2D eigenvalue weighted by molar-refractivity contribution is 5.85. The van der Waals surface area contributed by atoms with Crippen LogP contribution in [0.3, 0.4) is 0 Å². The van der Waals surface area contributed by atoms with Gasteiger partial charge in [-0.15, -0.1) is 0 Å². The number of hydrogen-bond donors (Lipinski definition) is 3. The maximum Gasteiger partial charge on any atom is 0.412 e. The Kier molecular flexibility index (Phi) is 6.56. The first-order chi connectivity index (χ1) is 13.0. The molecule has 150 valence electrons. The third-order valence-corrected chi connectivity index (χ3v) is 3.66. The molecule has 0 aliphatic carbocycles. The molecule has 28 heavy (non-hydrogen) atoms. The van der Waals surface area contributed by atoms with Gasteiger partial charge in [0.1, 0.15) is 17.1 Å². The number of anilines is 2. The van der Waals surface area contributed by atoms with Gasteiger partial charge in [0.25, 0.3) is 0 Å². The van der Waals surface area contributed by atoms with Crippen LogP contribution in [0.15, 0.2) is 30.5 Å². The second-order valence-corrected chi connectivity index (χ2v) is 7.66. The summed E-state index contributed by atoms with van der Waals surface area (Å²) in [5, 5.41) is 5.46. The van der Waals surface area contributed by atoms with Gasteiger partial charge in [-0.3, -0.25) is 10.1 Å². The van der Waals surface area contributed by atoms with Crippen LogP contribution in [0.2, 0.25) is 0 Å². The van der Waals surface area contributed by atoms with Crippen LogP contribution in [0, 0.1) is 5.92 Å². The number of nitrogens with zero attached hydrogens (tertiary/aromatic N) is 2. The quantitative estimate of drug-likeness (QED) is 0.726. The summed E-state index contributed by atoms with van der Waals surface area (Å²) in [6.07, 6.45) is 1.05. The van der Waals surface area contributed by atoms with Crippen LogP contribution in [-0.2, 0) is 16.1 Å². The van der Waals surface area contributed by atoms with E-state index >= 15 is 0 Å². The van der Waals surface area contributed by atoms with Crippen molar-refractivity contribution < 1.29 is 14.3 Å². The summed E-state index contributed by atoms with van der Waals surface area (Å²) in [5.74, 6) is 0.0718. The molecule has 0 fully saturated rings. The van der Waals surface area contributed by atoms with Crippen molar-refractivity contribution >= 4 is 23.5 Å². The summed E-state index contributed by atoms with van der Waals surface area (Å²) in [5.41, 5.74) is 7.83. The van der Waals surface area contributed by atoms with E-state index in [1.54, 1.807) is 39.1 Å². The Hall–Kier alpha value is -3.16. The van der Waals surface area contributed by atoms with E-state index in [-0.39, 0.29) is 24.2 Å². The molecule has 0 saturated heterocycles. The first-order valence-electron chi connectivity index (χ1n) is 9.04. The minimum Gasteiger partial charge on any atom is -0.444 e. The van der Waals surface area contributed by atoms with Gasteiger partial charge in [-0.2, -0.15) is 0 Å². The number of carbonyl (C=O) groups is 2. The van der Waals surface area contributed by atoms with E-state index < -0.39 is 11.7 Å². The van der Waals surface area contributed by atoms with Crippen molar-refractivity contribution in [1.82, 2.24) is 15.3 Å². The second-order valence-electron chi connectivity index (χ2n) is 7.66. The van der Waals surface area contributed by atoms with Crippen LogP contribution in [0.1, 0.15) is 40.3 Å². The number of nitrogens with one attached hydrogen (secondary N) is 2. The standard InChI is InChI=1S/C20H27N5O3/c1-12(2)18(26)23-11-16-17(21)22-10-15(25-16)13-6-8-14(9-7-13)24-19(27)28-20(3,4)5/h6-10,12H,11H2,1-5H3,(H2,21,22)(H,23,26)(H,24,27). The van der Waals surface area contributed by atoms with E-state index in [1.807, 2.05) is 26.0 Å². The number of nitrogens with two attached hydrogens (primary N) is 1. The molecule has 2 aromatic rings. The summed E-state index contributed by atoms with van der Waals surface area (Å²) in [4.78, 5) is 32.2. The Balaban J connectivity index is 2.10. The van der Waals surface area contributed by atoms with Crippen molar-refractivity contribution in [3.63, 3.8) is 0 Å². The van der Waals surface area contributed by atoms with Crippen LogP contribution in [-0.4, -0.2) is 27.6 Å². The minimum absolute atomic E-state index is 0.0795. The number of amides is 2. The topological polar surface area (TPSA) is 119 Å². The van der Waals surface area contributed by atoms with Gasteiger partial charge in [-0.1, -0.05) is 26.0 Å². The fourth-order valence-electron chi connectivity index (χ4n) is 2.23. The van der Waals surface area contributed by atoms with E-state index in [4.69, 9.17) is 10.5 Å². The molecule has 4 N–H and O–H groups in total. The van der Waals surface area contributed by atoms with Crippen molar-refractivity contribution in [2.75, 3.05) is 11.1 Å². The predicted octanol–water partition coefficient (Wildman–Crippen LogP) is 3.35. The molecule has 1 heterocycles. The highest BCUT2D eigenvalue weighted by Gasteiger charge is 2.16. The number of rotatable bonds is 5. The second kappa shape index (κ2) is 8.69. The van der Waals surface area contributed by atoms with E-state index in [0.29, 0.717) is 17.1 Å². The van der Waals surface area contributed by atoms with Gasteiger partial charge >= 0.3 is 6.09 Å². The predicted molar refractivity (Wildman–Crippen MR) is 108 cm³/mol. The number of benzene rings is 1. The number of aromatic nitrogens is 2. The Morgan fingerprint density at radius 1 is 1.18 bits per heavy atom. The maximum atomic E-state index is 11.8. The molecule has 1 aromatic carbocycles. The van der Waals surface area contributed by atoms with E-state index in [9.17, 15) is 9.59 Å². The van der Waals surface area contributed by atoms with Crippen LogP contribution >= 0.6 is 0 Å². The summed E-state index contributed by atoms with van der Waals surface area (Å²) in [6.45, 7) is 9.24. The molecule has 0 atom stereocenters. The van der Waals surface area contributed by atoms with Gasteiger partial charge < -0.3 is 15.8 Å². The molecule has 0 aliphatic heterocycles. The van der Waals surface area contributed by atoms with Gasteiger partial charge in [-0.25, -0.2) is 14.8 Å². The smallest absolute Gasteiger partial charge is 0.412 e. The monoisotopic (exact) mass is 385 g/mol. The number of nitrogen functional groups attached to an aromatic ring is 1. The molecule has 2 amide bonds. The Bertz CT molecular complexity index is 842. The fraction of sp³-hybridized carbons (Fsp3) is 0.400. The molecule has 0 unspecified atom stereocenters. The largest absolute Gasteiger partial charge is 0.444 e. The van der Waals surface area contributed by atoms with E-state index in [0.717, 1.165) is 5.56 Å². The lowest BCUT2D eigenvalue weighted by Crippen LogP contribution is -2.28. The lowest BCUT2D eigenvalue weighted by Gasteiger charge is -2.19. The minimum atomic E-state index is -0.565. The zero-order valence-corrected chi connectivity index (χ0v) is 16.9. The lowest BCUT2D eigenvalue weighted by molar-refractivity contribution is -0.124. The Labute approximate surface area is 164 Å². The zero-order valence-electron chi connectivity index (χ0n) is 16.9. The summed E-state index contributed by atoms with van der Waals surface area (Å²) in [6, 6.07) is 7.11. The average molecular weight is 385 g/mol. The third kappa shape index (κ3) is 6.22. The maximum absolute atomic E-state index is 11.8. The van der Waals surface area contributed by atoms with Crippen LogP contribution in [0.25, 0.3) is 11.3 Å². The molecule has 2 rings (SSSR count). The van der Waals surface area contributed by atoms with Crippen molar-refractivity contribution in [2.45, 2.75) is 46.8 Å². The Morgan fingerprint density at radius 3 is 2.39 bits per heavy atom. The first kappa shape index (κ1) is 21.1. The first-order valence-corrected chi connectivity index (χ1v) is 9.04. The molecule has 0 spiro atoms. The zero-order chi connectivity index (χ0) is 20.9. The number of carbonyl (C=O) groups excluding carboxylic acids is 2. The average Bonchev–Trinajstić information content (AvgIpc) is 2.59. The summed E-state index contributed by atoms with van der Waals surface area (Å²) >= 11 is 0. The molecule has 0 bridgehead atoms. The third-order valence-electron chi connectivity index (χ3n) is 3.66. The molecular weight excluding hydrogens is 358 g/mol. The van der Waals surface area contributed by atoms with Crippen molar-refractivity contribution in [2.24, 2.45) is 5.92 Å². The fourth-order valence-corrected chi connectivity index (χ4v) is 2.23. The van der Waals surface area contributed by atoms with Crippen molar-refractivity contribution in [3.8, 4) is 11.3 Å². The van der Waals surface area contributed by atoms with Gasteiger partial charge in [0.2, 0.25) is 5.91 Å². The van der Waals surface area contributed by atoms with Crippen LogP contribution < -0.4 is 16.4 Å². The SMILES string of the molecule is CC(C)C(=O)NCc1nc(-c2ccc(NC(=O)OC(C)(C)C)cc2)cnc1N. The Morgan fingerprint density at radius 2 is 1.82 bits per heavy atom. The van der Waals surface area contributed by atoms with E-state index in [2.05, 4.69) is 20.6 Å². The number of ether oxygens (including phenoxy) is 1. The molecule has 1 aromatic heterocycles.